The van der Waals surface area contributed by atoms with Gasteiger partial charge in [0, 0.05) is 25.1 Å². The zero-order chi connectivity index (χ0) is 17.4. The van der Waals surface area contributed by atoms with Crippen LogP contribution in [0.1, 0.15) is 17.5 Å². The van der Waals surface area contributed by atoms with E-state index in [1.54, 1.807) is 11.0 Å². The molecule has 1 amide bonds. The molecule has 0 aromatic heterocycles. The SMILES string of the molecule is O=C(CCc1ccc2c(c1)OCO2)N1CCc2ccc([N+](=O)[O-])cc21. The van der Waals surface area contributed by atoms with Crippen LogP contribution in [0.25, 0.3) is 0 Å². The van der Waals surface area contributed by atoms with E-state index in [0.717, 1.165) is 23.3 Å². The highest BCUT2D eigenvalue weighted by Gasteiger charge is 2.26. The first kappa shape index (κ1) is 15.4. The van der Waals surface area contributed by atoms with Crippen molar-refractivity contribution in [3.05, 3.63) is 57.6 Å². The fraction of sp³-hybridized carbons (Fsp3) is 0.278. The third kappa shape index (κ3) is 2.88. The molecule has 0 atom stereocenters. The lowest BCUT2D eigenvalue weighted by atomic mass is 10.1. The van der Waals surface area contributed by atoms with E-state index in [4.69, 9.17) is 9.47 Å². The lowest BCUT2D eigenvalue weighted by Gasteiger charge is -2.17. The normalized spacial score (nSPS) is 14.5. The van der Waals surface area contributed by atoms with Crippen molar-refractivity contribution in [2.75, 3.05) is 18.2 Å². The summed E-state index contributed by atoms with van der Waals surface area (Å²) in [5.74, 6) is 1.39. The highest BCUT2D eigenvalue weighted by atomic mass is 16.7. The minimum absolute atomic E-state index is 0.00854. The molecule has 128 valence electrons. The molecular weight excluding hydrogens is 324 g/mol. The number of nitro groups is 1. The number of aryl methyl sites for hydroxylation is 1. The number of anilines is 1. The number of nitro benzene ring substituents is 1. The second-order valence-corrected chi connectivity index (χ2v) is 6.05. The number of amides is 1. The van der Waals surface area contributed by atoms with Gasteiger partial charge in [0.15, 0.2) is 11.5 Å². The molecule has 0 aliphatic carbocycles. The second kappa shape index (κ2) is 6.08. The van der Waals surface area contributed by atoms with E-state index in [0.29, 0.717) is 30.8 Å². The monoisotopic (exact) mass is 340 g/mol. The van der Waals surface area contributed by atoms with Gasteiger partial charge >= 0.3 is 0 Å². The van der Waals surface area contributed by atoms with Gasteiger partial charge in [-0.25, -0.2) is 0 Å². The summed E-state index contributed by atoms with van der Waals surface area (Å²) in [6.07, 6.45) is 1.64. The van der Waals surface area contributed by atoms with Crippen molar-refractivity contribution < 1.29 is 19.2 Å². The molecule has 0 bridgehead atoms. The summed E-state index contributed by atoms with van der Waals surface area (Å²) in [4.78, 5) is 24.8. The van der Waals surface area contributed by atoms with Crippen molar-refractivity contribution in [1.29, 1.82) is 0 Å². The first-order valence-electron chi connectivity index (χ1n) is 8.08. The lowest BCUT2D eigenvalue weighted by molar-refractivity contribution is -0.384. The predicted octanol–water partition coefficient (Wildman–Crippen LogP) is 2.85. The lowest BCUT2D eigenvalue weighted by Crippen LogP contribution is -2.29. The molecule has 4 rings (SSSR count). The van der Waals surface area contributed by atoms with Crippen molar-refractivity contribution in [3.63, 3.8) is 0 Å². The number of carbonyl (C=O) groups excluding carboxylic acids is 1. The van der Waals surface area contributed by atoms with E-state index in [-0.39, 0.29) is 18.4 Å². The molecule has 7 heteroatoms. The Bertz CT molecular complexity index is 865. The van der Waals surface area contributed by atoms with Crippen molar-refractivity contribution in [2.24, 2.45) is 0 Å². The number of hydrogen-bond acceptors (Lipinski definition) is 5. The standard InChI is InChI=1S/C18H16N2O5/c21-18(6-2-12-1-5-16-17(9-12)25-11-24-16)19-8-7-13-3-4-14(20(22)23)10-15(13)19/h1,3-5,9-10H,2,6-8,11H2. The number of ether oxygens (including phenoxy) is 2. The third-order valence-corrected chi connectivity index (χ3v) is 4.54. The van der Waals surface area contributed by atoms with Gasteiger partial charge in [-0.05, 0) is 36.1 Å². The molecule has 0 N–H and O–H groups in total. The van der Waals surface area contributed by atoms with Gasteiger partial charge in [0.2, 0.25) is 12.7 Å². The fourth-order valence-electron chi connectivity index (χ4n) is 3.22. The maximum atomic E-state index is 12.6. The Morgan fingerprint density at radius 2 is 2.00 bits per heavy atom. The van der Waals surface area contributed by atoms with Crippen LogP contribution < -0.4 is 14.4 Å². The maximum absolute atomic E-state index is 12.6. The number of hydrogen-bond donors (Lipinski definition) is 0. The Hall–Kier alpha value is -3.09. The number of benzene rings is 2. The van der Waals surface area contributed by atoms with Gasteiger partial charge in [-0.15, -0.1) is 0 Å². The van der Waals surface area contributed by atoms with Crippen molar-refractivity contribution in [3.8, 4) is 11.5 Å². The molecule has 0 spiro atoms. The number of non-ortho nitro benzene ring substituents is 1. The largest absolute Gasteiger partial charge is 0.454 e. The van der Waals surface area contributed by atoms with Gasteiger partial charge in [-0.1, -0.05) is 12.1 Å². The van der Waals surface area contributed by atoms with Crippen LogP contribution in [0.15, 0.2) is 36.4 Å². The molecule has 2 aliphatic heterocycles. The molecule has 7 nitrogen and oxygen atoms in total. The summed E-state index contributed by atoms with van der Waals surface area (Å²) in [6, 6.07) is 10.4. The molecule has 0 saturated carbocycles. The Labute approximate surface area is 143 Å². The molecule has 0 fully saturated rings. The summed E-state index contributed by atoms with van der Waals surface area (Å²) in [7, 11) is 0. The van der Waals surface area contributed by atoms with Crippen LogP contribution in [0.3, 0.4) is 0 Å². The van der Waals surface area contributed by atoms with Crippen LogP contribution in [0, 0.1) is 10.1 Å². The summed E-state index contributed by atoms with van der Waals surface area (Å²) < 4.78 is 10.6. The van der Waals surface area contributed by atoms with E-state index in [1.165, 1.54) is 12.1 Å². The smallest absolute Gasteiger partial charge is 0.271 e. The Kier molecular flexibility index (Phi) is 3.76. The first-order valence-corrected chi connectivity index (χ1v) is 8.08. The fourth-order valence-corrected chi connectivity index (χ4v) is 3.22. The van der Waals surface area contributed by atoms with Gasteiger partial charge in [0.25, 0.3) is 5.69 Å². The number of rotatable bonds is 4. The minimum atomic E-state index is -0.437. The zero-order valence-electron chi connectivity index (χ0n) is 13.4. The molecule has 2 heterocycles. The van der Waals surface area contributed by atoms with Crippen LogP contribution in [-0.4, -0.2) is 24.2 Å². The van der Waals surface area contributed by atoms with Crippen LogP contribution in [0.5, 0.6) is 11.5 Å². The summed E-state index contributed by atoms with van der Waals surface area (Å²) in [5, 5.41) is 11.0. The van der Waals surface area contributed by atoms with E-state index in [1.807, 2.05) is 18.2 Å². The molecule has 25 heavy (non-hydrogen) atoms. The van der Waals surface area contributed by atoms with Crippen molar-refractivity contribution in [1.82, 2.24) is 0 Å². The van der Waals surface area contributed by atoms with Crippen molar-refractivity contribution >= 4 is 17.3 Å². The van der Waals surface area contributed by atoms with E-state index in [9.17, 15) is 14.9 Å². The number of carbonyl (C=O) groups is 1. The van der Waals surface area contributed by atoms with E-state index in [2.05, 4.69) is 0 Å². The van der Waals surface area contributed by atoms with Crippen LogP contribution in [-0.2, 0) is 17.6 Å². The summed E-state index contributed by atoms with van der Waals surface area (Å²) >= 11 is 0. The Morgan fingerprint density at radius 1 is 1.16 bits per heavy atom. The average Bonchev–Trinajstić information content (AvgIpc) is 3.25. The average molecular weight is 340 g/mol. The van der Waals surface area contributed by atoms with Gasteiger partial charge < -0.3 is 14.4 Å². The molecule has 2 aliphatic rings. The molecule has 0 radical (unpaired) electrons. The maximum Gasteiger partial charge on any atom is 0.271 e. The Balaban J connectivity index is 1.46. The molecule has 0 unspecified atom stereocenters. The van der Waals surface area contributed by atoms with Gasteiger partial charge in [0.1, 0.15) is 0 Å². The molecule has 0 saturated heterocycles. The van der Waals surface area contributed by atoms with Crippen LogP contribution in [0.4, 0.5) is 11.4 Å². The Morgan fingerprint density at radius 3 is 2.84 bits per heavy atom. The molecular formula is C18H16N2O5. The minimum Gasteiger partial charge on any atom is -0.454 e. The molecule has 2 aromatic carbocycles. The van der Waals surface area contributed by atoms with E-state index >= 15 is 0 Å². The third-order valence-electron chi connectivity index (χ3n) is 4.54. The van der Waals surface area contributed by atoms with Crippen molar-refractivity contribution in [2.45, 2.75) is 19.3 Å². The second-order valence-electron chi connectivity index (χ2n) is 6.05. The van der Waals surface area contributed by atoms with Gasteiger partial charge in [-0.3, -0.25) is 14.9 Å². The first-order chi connectivity index (χ1) is 12.1. The predicted molar refractivity (Wildman–Crippen MR) is 90.0 cm³/mol. The number of nitrogens with zero attached hydrogens (tertiary/aromatic N) is 2. The highest BCUT2D eigenvalue weighted by molar-refractivity contribution is 5.96. The van der Waals surface area contributed by atoms with Gasteiger partial charge in [-0.2, -0.15) is 0 Å². The molecule has 2 aromatic rings. The summed E-state index contributed by atoms with van der Waals surface area (Å²) in [6.45, 7) is 0.789. The zero-order valence-corrected chi connectivity index (χ0v) is 13.4. The van der Waals surface area contributed by atoms with Gasteiger partial charge in [0.05, 0.1) is 10.6 Å². The quantitative estimate of drug-likeness (QED) is 0.631. The summed E-state index contributed by atoms with van der Waals surface area (Å²) in [5.41, 5.74) is 2.64. The highest BCUT2D eigenvalue weighted by Crippen LogP contribution is 2.34. The van der Waals surface area contributed by atoms with Crippen LogP contribution in [0.2, 0.25) is 0 Å². The number of fused-ring (bicyclic) bond motifs is 2. The van der Waals surface area contributed by atoms with E-state index < -0.39 is 4.92 Å². The van der Waals surface area contributed by atoms with Crippen LogP contribution >= 0.6 is 0 Å². The topological polar surface area (TPSA) is 81.9 Å².